The summed E-state index contributed by atoms with van der Waals surface area (Å²) < 4.78 is 0. The first-order valence-electron chi connectivity index (χ1n) is 4.10. The average Bonchev–Trinajstić information content (AvgIpc) is 1.98. The van der Waals surface area contributed by atoms with Gasteiger partial charge in [0.1, 0.15) is 6.42 Å². The largest absolute Gasteiger partial charge is 0.369 e. The van der Waals surface area contributed by atoms with Crippen molar-refractivity contribution in [2.24, 2.45) is 5.73 Å². The van der Waals surface area contributed by atoms with Gasteiger partial charge >= 0.3 is 0 Å². The summed E-state index contributed by atoms with van der Waals surface area (Å²) in [5.41, 5.74) is 4.89. The average molecular weight is 187 g/mol. The Morgan fingerprint density at radius 2 is 1.69 bits per heavy atom. The van der Waals surface area contributed by atoms with Gasteiger partial charge in [-0.25, -0.2) is 0 Å². The van der Waals surface area contributed by atoms with Crippen LogP contribution in [0.3, 0.4) is 0 Å². The van der Waals surface area contributed by atoms with E-state index in [1.165, 1.54) is 4.90 Å². The fourth-order valence-corrected chi connectivity index (χ4v) is 0.759. The number of carbonyl (C=O) groups is 2. The molecule has 0 aliphatic carbocycles. The molecule has 0 aromatic heterocycles. The van der Waals surface area contributed by atoms with Gasteiger partial charge < -0.3 is 15.5 Å². The van der Waals surface area contributed by atoms with Gasteiger partial charge in [-0.1, -0.05) is 0 Å². The maximum Gasteiger partial charge on any atom is 0.231 e. The van der Waals surface area contributed by atoms with Crippen molar-refractivity contribution >= 4 is 11.8 Å². The van der Waals surface area contributed by atoms with Crippen molar-refractivity contribution in [2.75, 3.05) is 34.2 Å². The van der Waals surface area contributed by atoms with Crippen LogP contribution in [0.2, 0.25) is 0 Å². The van der Waals surface area contributed by atoms with E-state index in [0.717, 1.165) is 6.54 Å². The predicted molar refractivity (Wildman–Crippen MR) is 50.0 cm³/mol. The second-order valence-electron chi connectivity index (χ2n) is 3.26. The van der Waals surface area contributed by atoms with Gasteiger partial charge in [-0.2, -0.15) is 0 Å². The Bertz CT molecular complexity index is 192. The highest BCUT2D eigenvalue weighted by atomic mass is 16.2. The summed E-state index contributed by atoms with van der Waals surface area (Å²) >= 11 is 0. The van der Waals surface area contributed by atoms with Crippen LogP contribution in [0.25, 0.3) is 0 Å². The first-order valence-corrected chi connectivity index (χ1v) is 4.10. The Hall–Kier alpha value is -1.10. The van der Waals surface area contributed by atoms with Crippen LogP contribution in [-0.2, 0) is 9.59 Å². The van der Waals surface area contributed by atoms with Gasteiger partial charge in [0.05, 0.1) is 0 Å². The summed E-state index contributed by atoms with van der Waals surface area (Å²) in [6.45, 7) is 1.39. The molecule has 0 rings (SSSR count). The molecule has 76 valence electrons. The highest BCUT2D eigenvalue weighted by Crippen LogP contribution is 1.90. The Labute approximate surface area is 78.5 Å². The molecule has 2 amide bonds. The number of carbonyl (C=O) groups excluding carboxylic acids is 2. The fraction of sp³-hybridized carbons (Fsp3) is 0.750. The van der Waals surface area contributed by atoms with Crippen LogP contribution in [0, 0.1) is 0 Å². The predicted octanol–water partition coefficient (Wildman–Crippen LogP) is -1.12. The number of nitrogens with two attached hydrogens (primary N) is 1. The molecule has 0 bridgehead atoms. The zero-order chi connectivity index (χ0) is 10.4. The maximum atomic E-state index is 11.2. The van der Waals surface area contributed by atoms with Gasteiger partial charge in [-0.15, -0.1) is 0 Å². The minimum Gasteiger partial charge on any atom is -0.369 e. The molecule has 13 heavy (non-hydrogen) atoms. The highest BCUT2D eigenvalue weighted by Gasteiger charge is 2.10. The summed E-state index contributed by atoms with van der Waals surface area (Å²) in [5.74, 6) is -0.809. The van der Waals surface area contributed by atoms with E-state index in [4.69, 9.17) is 5.73 Å². The topological polar surface area (TPSA) is 66.6 Å². The molecule has 5 nitrogen and oxygen atoms in total. The van der Waals surface area contributed by atoms with Crippen LogP contribution < -0.4 is 5.73 Å². The van der Waals surface area contributed by atoms with Crippen LogP contribution >= 0.6 is 0 Å². The van der Waals surface area contributed by atoms with Crippen LogP contribution in [0.15, 0.2) is 0 Å². The molecule has 0 heterocycles. The summed E-state index contributed by atoms with van der Waals surface area (Å²) in [4.78, 5) is 25.1. The fourth-order valence-electron chi connectivity index (χ4n) is 0.759. The molecule has 0 aliphatic heterocycles. The molecule has 0 aromatic carbocycles. The van der Waals surface area contributed by atoms with E-state index in [2.05, 4.69) is 0 Å². The Morgan fingerprint density at radius 1 is 1.15 bits per heavy atom. The molecule has 0 fully saturated rings. The van der Waals surface area contributed by atoms with Crippen LogP contribution in [0.5, 0.6) is 0 Å². The van der Waals surface area contributed by atoms with E-state index in [1.807, 2.05) is 19.0 Å². The normalized spacial score (nSPS) is 10.2. The monoisotopic (exact) mass is 187 g/mol. The molecule has 0 radical (unpaired) electrons. The number of amides is 2. The molecule has 0 aliphatic rings. The first-order chi connectivity index (χ1) is 5.93. The summed E-state index contributed by atoms with van der Waals surface area (Å²) in [6, 6.07) is 0. The minimum absolute atomic E-state index is 0.204. The van der Waals surface area contributed by atoms with Crippen LogP contribution in [-0.4, -0.2) is 55.8 Å². The van der Waals surface area contributed by atoms with Gasteiger partial charge in [0.2, 0.25) is 11.8 Å². The van der Waals surface area contributed by atoms with Crippen molar-refractivity contribution < 1.29 is 9.59 Å². The van der Waals surface area contributed by atoms with Crippen molar-refractivity contribution in [3.8, 4) is 0 Å². The third kappa shape index (κ3) is 6.10. The molecule has 0 unspecified atom stereocenters. The lowest BCUT2D eigenvalue weighted by molar-refractivity contribution is -0.134. The Kier molecular flexibility index (Phi) is 5.06. The van der Waals surface area contributed by atoms with Gasteiger partial charge in [0.15, 0.2) is 0 Å². The second kappa shape index (κ2) is 5.53. The summed E-state index contributed by atoms with van der Waals surface area (Å²) in [7, 11) is 5.51. The third-order valence-corrected chi connectivity index (χ3v) is 1.63. The lowest BCUT2D eigenvalue weighted by Crippen LogP contribution is -2.35. The molecule has 0 saturated heterocycles. The van der Waals surface area contributed by atoms with Crippen molar-refractivity contribution in [3.63, 3.8) is 0 Å². The number of rotatable bonds is 5. The van der Waals surface area contributed by atoms with Crippen molar-refractivity contribution in [1.82, 2.24) is 9.80 Å². The number of hydrogen-bond donors (Lipinski definition) is 1. The van der Waals surface area contributed by atoms with Crippen molar-refractivity contribution in [1.29, 1.82) is 0 Å². The number of likely N-dealkylation sites (N-methyl/N-ethyl adjacent to an activating group) is 2. The quantitative estimate of drug-likeness (QED) is 0.554. The standard InChI is InChI=1S/C8H17N3O2/c1-10(2)4-5-11(3)8(13)6-7(9)12/h4-6H2,1-3H3,(H2,9,12). The molecule has 0 atom stereocenters. The zero-order valence-electron chi connectivity index (χ0n) is 8.41. The second-order valence-corrected chi connectivity index (χ2v) is 3.26. The van der Waals surface area contributed by atoms with Gasteiger partial charge in [-0.05, 0) is 14.1 Å². The summed E-state index contributed by atoms with van der Waals surface area (Å²) in [5, 5.41) is 0. The van der Waals surface area contributed by atoms with E-state index < -0.39 is 5.91 Å². The lowest BCUT2D eigenvalue weighted by Gasteiger charge is -2.18. The lowest BCUT2D eigenvalue weighted by atomic mass is 10.3. The maximum absolute atomic E-state index is 11.2. The molecular weight excluding hydrogens is 170 g/mol. The van der Waals surface area contributed by atoms with Gasteiger partial charge in [-0.3, -0.25) is 9.59 Å². The zero-order valence-corrected chi connectivity index (χ0v) is 8.41. The molecule has 0 spiro atoms. The molecule has 0 saturated carbocycles. The van der Waals surface area contributed by atoms with Gasteiger partial charge in [0, 0.05) is 20.1 Å². The minimum atomic E-state index is -0.582. The third-order valence-electron chi connectivity index (χ3n) is 1.63. The van der Waals surface area contributed by atoms with Crippen molar-refractivity contribution in [2.45, 2.75) is 6.42 Å². The number of nitrogens with zero attached hydrogens (tertiary/aromatic N) is 2. The van der Waals surface area contributed by atoms with E-state index >= 15 is 0 Å². The number of hydrogen-bond acceptors (Lipinski definition) is 3. The van der Waals surface area contributed by atoms with E-state index in [1.54, 1.807) is 7.05 Å². The van der Waals surface area contributed by atoms with E-state index in [9.17, 15) is 9.59 Å². The molecular formula is C8H17N3O2. The van der Waals surface area contributed by atoms with E-state index in [0.29, 0.717) is 6.54 Å². The SMILES string of the molecule is CN(C)CCN(C)C(=O)CC(N)=O. The Balaban J connectivity index is 3.76. The smallest absolute Gasteiger partial charge is 0.231 e. The Morgan fingerprint density at radius 3 is 2.08 bits per heavy atom. The van der Waals surface area contributed by atoms with Crippen molar-refractivity contribution in [3.05, 3.63) is 0 Å². The highest BCUT2D eigenvalue weighted by molar-refractivity contribution is 5.95. The molecule has 2 N–H and O–H groups in total. The van der Waals surface area contributed by atoms with Crippen LogP contribution in [0.4, 0.5) is 0 Å². The first kappa shape index (κ1) is 11.9. The summed E-state index contributed by atoms with van der Waals surface area (Å²) in [6.07, 6.45) is -0.204. The van der Waals surface area contributed by atoms with E-state index in [-0.39, 0.29) is 12.3 Å². The van der Waals surface area contributed by atoms with Crippen LogP contribution in [0.1, 0.15) is 6.42 Å². The van der Waals surface area contributed by atoms with Gasteiger partial charge in [0.25, 0.3) is 0 Å². The molecule has 0 aromatic rings. The molecule has 5 heteroatoms. The number of primary amides is 1.